The number of alkyl halides is 3. The van der Waals surface area contributed by atoms with E-state index in [1.54, 1.807) is 47.0 Å². The highest BCUT2D eigenvalue weighted by Gasteiger charge is 2.30. The zero-order valence-corrected chi connectivity index (χ0v) is 17.8. The summed E-state index contributed by atoms with van der Waals surface area (Å²) in [6, 6.07) is 18.0. The van der Waals surface area contributed by atoms with E-state index in [1.165, 1.54) is 18.2 Å². The van der Waals surface area contributed by atoms with Crippen LogP contribution < -0.4 is 9.47 Å². The van der Waals surface area contributed by atoms with Gasteiger partial charge in [-0.3, -0.25) is 0 Å². The van der Waals surface area contributed by atoms with Gasteiger partial charge in [-0.1, -0.05) is 6.07 Å². The van der Waals surface area contributed by atoms with Gasteiger partial charge >= 0.3 is 12.1 Å². The van der Waals surface area contributed by atoms with Crippen LogP contribution in [0.25, 0.3) is 16.6 Å². The first-order valence-corrected chi connectivity index (χ1v) is 10.1. The first-order chi connectivity index (χ1) is 15.6. The summed E-state index contributed by atoms with van der Waals surface area (Å²) in [6.45, 7) is 3.82. The van der Waals surface area contributed by atoms with Gasteiger partial charge in [0.15, 0.2) is 0 Å². The van der Waals surface area contributed by atoms with E-state index < -0.39 is 17.7 Å². The standard InChI is InChI=1S/C25H20F3NO4/c1-15(2)32-19-8-6-18(7-9-19)29-22-11-10-21(12-16(22)13-23(29)24(30)31)33-20-5-3-4-17(14-20)25(26,27)28/h3-15H,1-2H3,(H,30,31). The number of benzene rings is 3. The van der Waals surface area contributed by atoms with Gasteiger partial charge in [0.1, 0.15) is 22.9 Å². The fourth-order valence-corrected chi connectivity index (χ4v) is 3.51. The van der Waals surface area contributed by atoms with Crippen LogP contribution in [-0.2, 0) is 6.18 Å². The highest BCUT2D eigenvalue weighted by atomic mass is 19.4. The SMILES string of the molecule is CC(C)Oc1ccc(-n2c(C(=O)O)cc3cc(Oc4cccc(C(F)(F)F)c4)ccc32)cc1. The van der Waals surface area contributed by atoms with Crippen molar-refractivity contribution in [1.29, 1.82) is 0 Å². The largest absolute Gasteiger partial charge is 0.491 e. The molecule has 0 aliphatic rings. The third-order valence-electron chi connectivity index (χ3n) is 4.86. The Kier molecular flexibility index (Phi) is 5.76. The number of hydrogen-bond acceptors (Lipinski definition) is 3. The van der Waals surface area contributed by atoms with Crippen LogP contribution in [0.2, 0.25) is 0 Å². The van der Waals surface area contributed by atoms with Crippen LogP contribution in [0.15, 0.2) is 72.8 Å². The molecule has 0 bridgehead atoms. The maximum absolute atomic E-state index is 13.0. The van der Waals surface area contributed by atoms with E-state index in [4.69, 9.17) is 9.47 Å². The number of rotatable bonds is 6. The Balaban J connectivity index is 1.71. The van der Waals surface area contributed by atoms with Gasteiger partial charge in [0.25, 0.3) is 0 Å². The molecule has 8 heteroatoms. The van der Waals surface area contributed by atoms with Crippen molar-refractivity contribution in [3.05, 3.63) is 84.1 Å². The van der Waals surface area contributed by atoms with Gasteiger partial charge in [-0.25, -0.2) is 4.79 Å². The minimum atomic E-state index is -4.48. The fraction of sp³-hybridized carbons (Fsp3) is 0.160. The number of carbonyl (C=O) groups is 1. The molecule has 1 aromatic heterocycles. The summed E-state index contributed by atoms with van der Waals surface area (Å²) in [7, 11) is 0. The van der Waals surface area contributed by atoms with E-state index in [0.717, 1.165) is 12.1 Å². The monoisotopic (exact) mass is 455 g/mol. The Hall–Kier alpha value is -3.94. The summed E-state index contributed by atoms with van der Waals surface area (Å²) in [4.78, 5) is 11.9. The molecule has 0 atom stereocenters. The Bertz CT molecular complexity index is 1310. The molecular weight excluding hydrogens is 435 g/mol. The lowest BCUT2D eigenvalue weighted by atomic mass is 10.2. The Morgan fingerprint density at radius 1 is 0.909 bits per heavy atom. The van der Waals surface area contributed by atoms with Crippen LogP contribution in [0, 0.1) is 0 Å². The molecule has 0 spiro atoms. The Labute approximate surface area is 187 Å². The zero-order valence-electron chi connectivity index (χ0n) is 17.8. The topological polar surface area (TPSA) is 60.7 Å². The molecule has 0 aliphatic carbocycles. The third-order valence-corrected chi connectivity index (χ3v) is 4.86. The van der Waals surface area contributed by atoms with Crippen molar-refractivity contribution < 1.29 is 32.5 Å². The molecule has 170 valence electrons. The van der Waals surface area contributed by atoms with Crippen LogP contribution in [0.4, 0.5) is 13.2 Å². The molecule has 1 heterocycles. The summed E-state index contributed by atoms with van der Waals surface area (Å²) in [6.07, 6.45) is -4.47. The molecule has 0 saturated carbocycles. The number of aromatic carboxylic acids is 1. The lowest BCUT2D eigenvalue weighted by Gasteiger charge is -2.13. The van der Waals surface area contributed by atoms with Crippen molar-refractivity contribution in [3.8, 4) is 22.9 Å². The zero-order chi connectivity index (χ0) is 23.8. The number of aromatic nitrogens is 1. The minimum absolute atomic E-state index is 0.00749. The van der Waals surface area contributed by atoms with Crippen molar-refractivity contribution in [2.24, 2.45) is 0 Å². The lowest BCUT2D eigenvalue weighted by Crippen LogP contribution is -2.07. The molecule has 0 radical (unpaired) electrons. The van der Waals surface area contributed by atoms with E-state index in [2.05, 4.69) is 0 Å². The number of carboxylic acid groups (broad SMARTS) is 1. The molecule has 1 N–H and O–H groups in total. The molecule has 0 aliphatic heterocycles. The van der Waals surface area contributed by atoms with Crippen molar-refractivity contribution in [1.82, 2.24) is 4.57 Å². The van der Waals surface area contributed by atoms with Crippen LogP contribution in [0.5, 0.6) is 17.2 Å². The predicted octanol–water partition coefficient (Wildman–Crippen LogP) is 6.93. The third kappa shape index (κ3) is 4.79. The van der Waals surface area contributed by atoms with Gasteiger partial charge in [-0.05, 0) is 80.6 Å². The van der Waals surface area contributed by atoms with Gasteiger partial charge in [-0.2, -0.15) is 13.2 Å². The van der Waals surface area contributed by atoms with E-state index in [-0.39, 0.29) is 23.3 Å². The van der Waals surface area contributed by atoms with E-state index in [1.807, 2.05) is 13.8 Å². The normalized spacial score (nSPS) is 11.7. The maximum Gasteiger partial charge on any atom is 0.416 e. The van der Waals surface area contributed by atoms with Gasteiger partial charge in [0, 0.05) is 11.1 Å². The summed E-state index contributed by atoms with van der Waals surface area (Å²) < 4.78 is 51.7. The van der Waals surface area contributed by atoms with E-state index in [9.17, 15) is 23.1 Å². The molecule has 3 aromatic carbocycles. The smallest absolute Gasteiger partial charge is 0.416 e. The molecular formula is C25H20F3NO4. The first-order valence-electron chi connectivity index (χ1n) is 10.1. The van der Waals surface area contributed by atoms with Crippen molar-refractivity contribution in [2.45, 2.75) is 26.1 Å². The number of ether oxygens (including phenoxy) is 2. The number of fused-ring (bicyclic) bond motifs is 1. The van der Waals surface area contributed by atoms with Crippen molar-refractivity contribution in [2.75, 3.05) is 0 Å². The highest BCUT2D eigenvalue weighted by molar-refractivity contribution is 5.96. The van der Waals surface area contributed by atoms with Crippen LogP contribution in [0.3, 0.4) is 0 Å². The van der Waals surface area contributed by atoms with Crippen molar-refractivity contribution in [3.63, 3.8) is 0 Å². The summed E-state index contributed by atoms with van der Waals surface area (Å²) in [5.74, 6) is -0.132. The van der Waals surface area contributed by atoms with Crippen molar-refractivity contribution >= 4 is 16.9 Å². The van der Waals surface area contributed by atoms with Gasteiger partial charge < -0.3 is 19.1 Å². The summed E-state index contributed by atoms with van der Waals surface area (Å²) in [5, 5.41) is 10.3. The summed E-state index contributed by atoms with van der Waals surface area (Å²) >= 11 is 0. The highest BCUT2D eigenvalue weighted by Crippen LogP contribution is 2.34. The van der Waals surface area contributed by atoms with E-state index in [0.29, 0.717) is 22.3 Å². The predicted molar refractivity (Wildman–Crippen MR) is 118 cm³/mol. The average Bonchev–Trinajstić information content (AvgIpc) is 3.13. The lowest BCUT2D eigenvalue weighted by molar-refractivity contribution is -0.137. The second-order valence-electron chi connectivity index (χ2n) is 7.68. The number of halogens is 3. The second-order valence-corrected chi connectivity index (χ2v) is 7.68. The number of hydrogen-bond donors (Lipinski definition) is 1. The molecule has 4 aromatic rings. The second kappa shape index (κ2) is 8.54. The molecule has 33 heavy (non-hydrogen) atoms. The quantitative estimate of drug-likeness (QED) is 0.343. The number of carboxylic acids is 1. The Morgan fingerprint density at radius 3 is 2.21 bits per heavy atom. The fourth-order valence-electron chi connectivity index (χ4n) is 3.51. The molecule has 5 nitrogen and oxygen atoms in total. The minimum Gasteiger partial charge on any atom is -0.491 e. The average molecular weight is 455 g/mol. The first kappa shape index (κ1) is 22.3. The molecule has 0 saturated heterocycles. The van der Waals surface area contributed by atoms with Gasteiger partial charge in [0.05, 0.1) is 17.2 Å². The number of nitrogens with zero attached hydrogens (tertiary/aromatic N) is 1. The molecule has 0 unspecified atom stereocenters. The van der Waals surface area contributed by atoms with Crippen LogP contribution >= 0.6 is 0 Å². The van der Waals surface area contributed by atoms with E-state index >= 15 is 0 Å². The Morgan fingerprint density at radius 2 is 1.58 bits per heavy atom. The summed E-state index contributed by atoms with van der Waals surface area (Å²) in [5.41, 5.74) is 0.468. The molecule has 0 fully saturated rings. The van der Waals surface area contributed by atoms with Gasteiger partial charge in [-0.15, -0.1) is 0 Å². The maximum atomic E-state index is 13.0. The van der Waals surface area contributed by atoms with Gasteiger partial charge in [0.2, 0.25) is 0 Å². The van der Waals surface area contributed by atoms with Crippen LogP contribution in [-0.4, -0.2) is 21.7 Å². The van der Waals surface area contributed by atoms with Crippen LogP contribution in [0.1, 0.15) is 29.9 Å². The molecule has 4 rings (SSSR count). The molecule has 0 amide bonds.